The van der Waals surface area contributed by atoms with E-state index in [1.165, 1.54) is 25.3 Å². The quantitative estimate of drug-likeness (QED) is 0.718. The van der Waals surface area contributed by atoms with Gasteiger partial charge in [0.15, 0.2) is 0 Å². The molecule has 0 amide bonds. The molecule has 0 radical (unpaired) electrons. The van der Waals surface area contributed by atoms with Crippen molar-refractivity contribution in [3.63, 3.8) is 0 Å². The molecule has 2 aromatic rings. The van der Waals surface area contributed by atoms with Crippen molar-refractivity contribution >= 4 is 53.3 Å². The maximum Gasteiger partial charge on any atom is 0.263 e. The molecule has 2 aromatic carbocycles. The van der Waals surface area contributed by atoms with Gasteiger partial charge in [-0.1, -0.05) is 15.9 Å². The second-order valence-corrected chi connectivity index (χ2v) is 7.60. The van der Waals surface area contributed by atoms with Crippen molar-refractivity contribution in [3.05, 3.63) is 45.3 Å². The van der Waals surface area contributed by atoms with Crippen LogP contribution in [0.2, 0.25) is 0 Å². The van der Waals surface area contributed by atoms with E-state index in [9.17, 15) is 8.42 Å². The Bertz CT molecular complexity index is 779. The van der Waals surface area contributed by atoms with E-state index in [0.717, 1.165) is 0 Å². The fourth-order valence-corrected chi connectivity index (χ4v) is 4.29. The minimum absolute atomic E-state index is 0.107. The summed E-state index contributed by atoms with van der Waals surface area (Å²) >= 11 is 6.51. The van der Waals surface area contributed by atoms with Crippen molar-refractivity contribution in [1.82, 2.24) is 0 Å². The Morgan fingerprint density at radius 1 is 1.14 bits per heavy atom. The molecule has 0 aromatic heterocycles. The lowest BCUT2D eigenvalue weighted by Gasteiger charge is -2.11. The number of hydrogen-bond donors (Lipinski definition) is 2. The highest BCUT2D eigenvalue weighted by atomic mass is 79.9. The van der Waals surface area contributed by atoms with E-state index < -0.39 is 10.0 Å². The lowest BCUT2D eigenvalue weighted by molar-refractivity contribution is 0.415. The van der Waals surface area contributed by atoms with E-state index in [4.69, 9.17) is 10.5 Å². The molecule has 2 rings (SSSR count). The van der Waals surface area contributed by atoms with E-state index in [1.807, 2.05) is 0 Å². The molecule has 0 saturated heterocycles. The van der Waals surface area contributed by atoms with Gasteiger partial charge in [-0.05, 0) is 46.3 Å². The number of methoxy groups -OCH3 is 1. The van der Waals surface area contributed by atoms with Gasteiger partial charge in [0.25, 0.3) is 10.0 Å². The maximum absolute atomic E-state index is 12.4. The van der Waals surface area contributed by atoms with Crippen LogP contribution >= 0.6 is 31.9 Å². The van der Waals surface area contributed by atoms with E-state index >= 15 is 0 Å². The fraction of sp³-hybridized carbons (Fsp3) is 0.0769. The molecule has 0 fully saturated rings. The molecule has 21 heavy (non-hydrogen) atoms. The highest BCUT2D eigenvalue weighted by Crippen LogP contribution is 2.29. The number of halogens is 2. The number of nitrogens with one attached hydrogen (secondary N) is 1. The number of ether oxygens (including phenoxy) is 1. The molecule has 0 aliphatic rings. The molecule has 0 atom stereocenters. The van der Waals surface area contributed by atoms with Gasteiger partial charge in [-0.25, -0.2) is 8.42 Å². The van der Waals surface area contributed by atoms with Crippen LogP contribution in [0.5, 0.6) is 5.75 Å². The molecule has 0 saturated carbocycles. The number of benzene rings is 2. The van der Waals surface area contributed by atoms with E-state index in [0.29, 0.717) is 26.1 Å². The predicted molar refractivity (Wildman–Crippen MR) is 90.1 cm³/mol. The van der Waals surface area contributed by atoms with Crippen LogP contribution in [0.15, 0.2) is 50.2 Å². The SMILES string of the molecule is COc1cc(Br)cc(NS(=O)(=O)c2ccc(N)cc2Br)c1. The first kappa shape index (κ1) is 16.1. The van der Waals surface area contributed by atoms with Crippen LogP contribution in [-0.2, 0) is 10.0 Å². The summed E-state index contributed by atoms with van der Waals surface area (Å²) in [5.74, 6) is 0.540. The third-order valence-electron chi connectivity index (χ3n) is 2.60. The van der Waals surface area contributed by atoms with Gasteiger partial charge in [-0.3, -0.25) is 4.72 Å². The van der Waals surface area contributed by atoms with E-state index in [1.54, 1.807) is 18.2 Å². The van der Waals surface area contributed by atoms with Crippen molar-refractivity contribution in [1.29, 1.82) is 0 Å². The third-order valence-corrected chi connectivity index (χ3v) is 5.42. The lowest BCUT2D eigenvalue weighted by atomic mass is 10.3. The minimum atomic E-state index is -3.73. The van der Waals surface area contributed by atoms with Crippen LogP contribution in [0, 0.1) is 0 Å². The number of hydrogen-bond acceptors (Lipinski definition) is 4. The van der Waals surface area contributed by atoms with Crippen molar-refractivity contribution < 1.29 is 13.2 Å². The number of anilines is 2. The Morgan fingerprint density at radius 3 is 2.48 bits per heavy atom. The average molecular weight is 436 g/mol. The molecular weight excluding hydrogens is 424 g/mol. The summed E-state index contributed by atoms with van der Waals surface area (Å²) < 4.78 is 33.5. The highest BCUT2D eigenvalue weighted by Gasteiger charge is 2.18. The first-order valence-electron chi connectivity index (χ1n) is 5.74. The number of nitrogens with two attached hydrogens (primary N) is 1. The number of sulfonamides is 1. The van der Waals surface area contributed by atoms with Gasteiger partial charge in [0, 0.05) is 20.7 Å². The first-order valence-corrected chi connectivity index (χ1v) is 8.81. The summed E-state index contributed by atoms with van der Waals surface area (Å²) in [6, 6.07) is 9.48. The molecule has 0 spiro atoms. The summed E-state index contributed by atoms with van der Waals surface area (Å²) in [5, 5.41) is 0. The van der Waals surface area contributed by atoms with Gasteiger partial charge in [-0.15, -0.1) is 0 Å². The molecule has 0 aliphatic carbocycles. The van der Waals surface area contributed by atoms with Gasteiger partial charge in [0.2, 0.25) is 0 Å². The Kier molecular flexibility index (Phi) is 4.80. The summed E-state index contributed by atoms with van der Waals surface area (Å²) in [7, 11) is -2.22. The molecule has 3 N–H and O–H groups in total. The van der Waals surface area contributed by atoms with Crippen molar-refractivity contribution in [2.45, 2.75) is 4.90 Å². The van der Waals surface area contributed by atoms with E-state index in [-0.39, 0.29) is 4.90 Å². The largest absolute Gasteiger partial charge is 0.497 e. The monoisotopic (exact) mass is 434 g/mol. The predicted octanol–water partition coefficient (Wildman–Crippen LogP) is 3.60. The van der Waals surface area contributed by atoms with Gasteiger partial charge in [0.1, 0.15) is 10.6 Å². The average Bonchev–Trinajstić information content (AvgIpc) is 2.36. The fourth-order valence-electron chi connectivity index (χ4n) is 1.68. The molecule has 0 heterocycles. The number of rotatable bonds is 4. The van der Waals surface area contributed by atoms with E-state index in [2.05, 4.69) is 36.6 Å². The van der Waals surface area contributed by atoms with Crippen LogP contribution in [0.1, 0.15) is 0 Å². The van der Waals surface area contributed by atoms with Crippen LogP contribution in [-0.4, -0.2) is 15.5 Å². The summed E-state index contributed by atoms with van der Waals surface area (Å²) in [6.45, 7) is 0. The molecule has 0 unspecified atom stereocenters. The first-order chi connectivity index (χ1) is 9.81. The highest BCUT2D eigenvalue weighted by molar-refractivity contribution is 9.10. The van der Waals surface area contributed by atoms with Crippen LogP contribution in [0.25, 0.3) is 0 Å². The molecule has 0 aliphatic heterocycles. The van der Waals surface area contributed by atoms with Gasteiger partial charge < -0.3 is 10.5 Å². The second kappa shape index (κ2) is 6.25. The minimum Gasteiger partial charge on any atom is -0.497 e. The van der Waals surface area contributed by atoms with Crippen LogP contribution in [0.3, 0.4) is 0 Å². The van der Waals surface area contributed by atoms with Crippen LogP contribution in [0.4, 0.5) is 11.4 Å². The van der Waals surface area contributed by atoms with Crippen molar-refractivity contribution in [2.24, 2.45) is 0 Å². The zero-order valence-corrected chi connectivity index (χ0v) is 14.9. The lowest BCUT2D eigenvalue weighted by Crippen LogP contribution is -2.13. The number of nitrogen functional groups attached to an aromatic ring is 1. The normalized spacial score (nSPS) is 11.2. The smallest absolute Gasteiger partial charge is 0.263 e. The summed E-state index contributed by atoms with van der Waals surface area (Å²) in [5.41, 5.74) is 6.48. The molecule has 0 bridgehead atoms. The Balaban J connectivity index is 2.39. The molecule has 8 heteroatoms. The maximum atomic E-state index is 12.4. The van der Waals surface area contributed by atoms with Crippen LogP contribution < -0.4 is 15.2 Å². The summed E-state index contributed by atoms with van der Waals surface area (Å²) in [6.07, 6.45) is 0. The van der Waals surface area contributed by atoms with Gasteiger partial charge in [-0.2, -0.15) is 0 Å². The topological polar surface area (TPSA) is 81.4 Å². The van der Waals surface area contributed by atoms with Crippen molar-refractivity contribution in [3.8, 4) is 5.75 Å². The molecule has 5 nitrogen and oxygen atoms in total. The zero-order valence-electron chi connectivity index (χ0n) is 10.9. The van der Waals surface area contributed by atoms with Crippen molar-refractivity contribution in [2.75, 3.05) is 17.6 Å². The molecule has 112 valence electrons. The van der Waals surface area contributed by atoms with Gasteiger partial charge in [0.05, 0.1) is 12.8 Å². The van der Waals surface area contributed by atoms with Gasteiger partial charge >= 0.3 is 0 Å². The molecular formula is C13H12Br2N2O3S. The standard InChI is InChI=1S/C13H12Br2N2O3S/c1-20-11-5-8(14)4-10(7-11)17-21(18,19)13-3-2-9(16)6-12(13)15/h2-7,17H,16H2,1H3. The Labute approximate surface area is 139 Å². The Morgan fingerprint density at radius 2 is 1.86 bits per heavy atom. The second-order valence-electron chi connectivity index (χ2n) is 4.18. The Hall–Kier alpha value is -1.25. The summed E-state index contributed by atoms with van der Waals surface area (Å²) in [4.78, 5) is 0.107. The zero-order chi connectivity index (χ0) is 15.6. The third kappa shape index (κ3) is 3.90.